The zero-order valence-electron chi connectivity index (χ0n) is 11.0. The van der Waals surface area contributed by atoms with E-state index in [-0.39, 0.29) is 24.4 Å². The van der Waals surface area contributed by atoms with Crippen LogP contribution in [0.2, 0.25) is 0 Å². The fourth-order valence-corrected chi connectivity index (χ4v) is 1.29. The summed E-state index contributed by atoms with van der Waals surface area (Å²) in [5, 5.41) is 14.4. The maximum absolute atomic E-state index is 11.7. The minimum absolute atomic E-state index is 0.0523. The SMILES string of the molecule is CNCCN(C)C(=O)NC(CC(=O)O)C(C)C. The van der Waals surface area contributed by atoms with Crippen molar-refractivity contribution in [3.8, 4) is 0 Å². The summed E-state index contributed by atoms with van der Waals surface area (Å²) in [5.74, 6) is -0.811. The summed E-state index contributed by atoms with van der Waals surface area (Å²) < 4.78 is 0. The molecule has 0 heterocycles. The largest absolute Gasteiger partial charge is 0.481 e. The van der Waals surface area contributed by atoms with Crippen molar-refractivity contribution < 1.29 is 14.7 Å². The first kappa shape index (κ1) is 15.7. The van der Waals surface area contributed by atoms with Gasteiger partial charge in [-0.15, -0.1) is 0 Å². The third-order valence-corrected chi connectivity index (χ3v) is 2.55. The van der Waals surface area contributed by atoms with Crippen molar-refractivity contribution in [2.45, 2.75) is 26.3 Å². The van der Waals surface area contributed by atoms with Gasteiger partial charge in [0.15, 0.2) is 0 Å². The third kappa shape index (κ3) is 6.78. The van der Waals surface area contributed by atoms with Crippen LogP contribution < -0.4 is 10.6 Å². The lowest BCUT2D eigenvalue weighted by molar-refractivity contribution is -0.137. The molecule has 0 aromatic rings. The standard InChI is InChI=1S/C11H23N3O3/c1-8(2)9(7-10(15)16)13-11(17)14(4)6-5-12-3/h8-9,12H,5-7H2,1-4H3,(H,13,17)(H,15,16). The monoisotopic (exact) mass is 245 g/mol. The molecule has 0 spiro atoms. The minimum Gasteiger partial charge on any atom is -0.481 e. The Morgan fingerprint density at radius 2 is 1.94 bits per heavy atom. The Hall–Kier alpha value is -1.30. The second kappa shape index (κ2) is 7.89. The number of carboxylic acid groups (broad SMARTS) is 1. The molecule has 0 aliphatic rings. The number of carbonyl (C=O) groups is 2. The van der Waals surface area contributed by atoms with Gasteiger partial charge in [0.05, 0.1) is 6.42 Å². The third-order valence-electron chi connectivity index (χ3n) is 2.55. The summed E-state index contributed by atoms with van der Waals surface area (Å²) in [6.07, 6.45) is -0.0523. The van der Waals surface area contributed by atoms with Gasteiger partial charge in [-0.3, -0.25) is 4.79 Å². The van der Waals surface area contributed by atoms with E-state index in [0.29, 0.717) is 13.1 Å². The van der Waals surface area contributed by atoms with Crippen molar-refractivity contribution in [1.82, 2.24) is 15.5 Å². The van der Waals surface area contributed by atoms with Gasteiger partial charge in [0.25, 0.3) is 0 Å². The molecular weight excluding hydrogens is 222 g/mol. The zero-order chi connectivity index (χ0) is 13.4. The molecule has 6 heteroatoms. The molecule has 1 atom stereocenters. The highest BCUT2D eigenvalue weighted by atomic mass is 16.4. The number of urea groups is 1. The van der Waals surface area contributed by atoms with Gasteiger partial charge in [0.2, 0.25) is 0 Å². The van der Waals surface area contributed by atoms with E-state index in [2.05, 4.69) is 10.6 Å². The van der Waals surface area contributed by atoms with Gasteiger partial charge in [-0.25, -0.2) is 4.79 Å². The molecule has 0 aliphatic heterocycles. The molecule has 2 amide bonds. The van der Waals surface area contributed by atoms with Gasteiger partial charge in [-0.05, 0) is 13.0 Å². The summed E-state index contributed by atoms with van der Waals surface area (Å²) in [6, 6.07) is -0.572. The van der Waals surface area contributed by atoms with Crippen molar-refractivity contribution in [2.75, 3.05) is 27.2 Å². The quantitative estimate of drug-likeness (QED) is 0.604. The lowest BCUT2D eigenvalue weighted by atomic mass is 10.0. The van der Waals surface area contributed by atoms with Crippen LogP contribution in [0.3, 0.4) is 0 Å². The normalized spacial score (nSPS) is 12.3. The van der Waals surface area contributed by atoms with Crippen LogP contribution in [0.1, 0.15) is 20.3 Å². The van der Waals surface area contributed by atoms with E-state index in [1.807, 2.05) is 20.9 Å². The molecule has 0 radical (unpaired) electrons. The van der Waals surface area contributed by atoms with E-state index >= 15 is 0 Å². The highest BCUT2D eigenvalue weighted by Gasteiger charge is 2.20. The predicted molar refractivity (Wildman–Crippen MR) is 66.0 cm³/mol. The summed E-state index contributed by atoms with van der Waals surface area (Å²) in [5.41, 5.74) is 0. The lowest BCUT2D eigenvalue weighted by Gasteiger charge is -2.25. The number of hydrogen-bond donors (Lipinski definition) is 3. The first-order valence-electron chi connectivity index (χ1n) is 5.76. The van der Waals surface area contributed by atoms with Crippen LogP contribution in [0.4, 0.5) is 4.79 Å². The number of carbonyl (C=O) groups excluding carboxylic acids is 1. The number of nitrogens with zero attached hydrogens (tertiary/aromatic N) is 1. The van der Waals surface area contributed by atoms with E-state index in [1.165, 1.54) is 4.90 Å². The number of hydrogen-bond acceptors (Lipinski definition) is 3. The van der Waals surface area contributed by atoms with E-state index in [4.69, 9.17) is 5.11 Å². The molecule has 6 nitrogen and oxygen atoms in total. The smallest absolute Gasteiger partial charge is 0.317 e. The van der Waals surface area contributed by atoms with Gasteiger partial charge < -0.3 is 20.6 Å². The van der Waals surface area contributed by atoms with Crippen LogP contribution >= 0.6 is 0 Å². The Morgan fingerprint density at radius 1 is 1.35 bits per heavy atom. The summed E-state index contributed by atoms with van der Waals surface area (Å²) in [6.45, 7) is 5.07. The summed E-state index contributed by atoms with van der Waals surface area (Å²) >= 11 is 0. The van der Waals surface area contributed by atoms with Gasteiger partial charge in [-0.1, -0.05) is 13.8 Å². The molecule has 0 saturated heterocycles. The number of amides is 2. The second-order valence-corrected chi connectivity index (χ2v) is 4.42. The Kier molecular flexibility index (Phi) is 7.29. The van der Waals surface area contributed by atoms with Gasteiger partial charge in [0, 0.05) is 26.2 Å². The first-order chi connectivity index (χ1) is 7.88. The Morgan fingerprint density at radius 3 is 2.35 bits per heavy atom. The molecule has 1 unspecified atom stereocenters. The van der Waals surface area contributed by atoms with Crippen molar-refractivity contribution in [1.29, 1.82) is 0 Å². The predicted octanol–water partition coefficient (Wildman–Crippen LogP) is 0.347. The molecule has 0 saturated carbocycles. The second-order valence-electron chi connectivity index (χ2n) is 4.42. The molecule has 0 aromatic carbocycles. The Labute approximate surface area is 102 Å². The average molecular weight is 245 g/mol. The number of nitrogens with one attached hydrogen (secondary N) is 2. The molecule has 100 valence electrons. The van der Waals surface area contributed by atoms with Crippen LogP contribution in [-0.4, -0.2) is 55.2 Å². The number of aliphatic carboxylic acids is 1. The van der Waals surface area contributed by atoms with Gasteiger partial charge >= 0.3 is 12.0 Å². The van der Waals surface area contributed by atoms with Gasteiger partial charge in [-0.2, -0.15) is 0 Å². The molecule has 0 bridgehead atoms. The molecule has 0 aromatic heterocycles. The summed E-state index contributed by atoms with van der Waals surface area (Å²) in [4.78, 5) is 23.9. The van der Waals surface area contributed by atoms with Crippen LogP contribution in [0, 0.1) is 5.92 Å². The Bertz CT molecular complexity index is 256. The van der Waals surface area contributed by atoms with Crippen LogP contribution in [-0.2, 0) is 4.79 Å². The highest BCUT2D eigenvalue weighted by molar-refractivity contribution is 5.75. The minimum atomic E-state index is -0.901. The number of carboxylic acids is 1. The van der Waals surface area contributed by atoms with E-state index in [1.54, 1.807) is 7.05 Å². The number of rotatable bonds is 7. The van der Waals surface area contributed by atoms with Crippen molar-refractivity contribution in [3.05, 3.63) is 0 Å². The van der Waals surface area contributed by atoms with E-state index in [9.17, 15) is 9.59 Å². The van der Waals surface area contributed by atoms with Gasteiger partial charge in [0.1, 0.15) is 0 Å². The molecule has 17 heavy (non-hydrogen) atoms. The molecule has 0 rings (SSSR count). The topological polar surface area (TPSA) is 81.7 Å². The average Bonchev–Trinajstić information content (AvgIpc) is 2.23. The highest BCUT2D eigenvalue weighted by Crippen LogP contribution is 2.06. The fraction of sp³-hybridized carbons (Fsp3) is 0.818. The molecule has 0 fully saturated rings. The zero-order valence-corrected chi connectivity index (χ0v) is 11.0. The van der Waals surface area contributed by atoms with Crippen molar-refractivity contribution in [3.63, 3.8) is 0 Å². The molecule has 3 N–H and O–H groups in total. The fourth-order valence-electron chi connectivity index (χ4n) is 1.29. The van der Waals surface area contributed by atoms with E-state index in [0.717, 1.165) is 0 Å². The van der Waals surface area contributed by atoms with Crippen molar-refractivity contribution >= 4 is 12.0 Å². The Balaban J connectivity index is 4.24. The van der Waals surface area contributed by atoms with Crippen molar-refractivity contribution in [2.24, 2.45) is 5.92 Å². The molecular formula is C11H23N3O3. The van der Waals surface area contributed by atoms with Crippen LogP contribution in [0.25, 0.3) is 0 Å². The number of likely N-dealkylation sites (N-methyl/N-ethyl adjacent to an activating group) is 2. The summed E-state index contributed by atoms with van der Waals surface area (Å²) in [7, 11) is 3.50. The van der Waals surface area contributed by atoms with Crippen LogP contribution in [0.15, 0.2) is 0 Å². The molecule has 0 aliphatic carbocycles. The lowest BCUT2D eigenvalue weighted by Crippen LogP contribution is -2.47. The maximum atomic E-state index is 11.7. The van der Waals surface area contributed by atoms with E-state index < -0.39 is 5.97 Å². The van der Waals surface area contributed by atoms with Crippen LogP contribution in [0.5, 0.6) is 0 Å². The maximum Gasteiger partial charge on any atom is 0.317 e. The first-order valence-corrected chi connectivity index (χ1v) is 5.76.